The highest BCUT2D eigenvalue weighted by Gasteiger charge is 2.47. The molecule has 0 saturated heterocycles. The summed E-state index contributed by atoms with van der Waals surface area (Å²) in [7, 11) is -1.70. The Bertz CT molecular complexity index is 734. The lowest BCUT2D eigenvalue weighted by atomic mass is 10.1. The molecule has 0 bridgehead atoms. The van der Waals surface area contributed by atoms with Crippen molar-refractivity contribution in [3.63, 3.8) is 0 Å². The molecule has 0 fully saturated rings. The molecule has 1 aromatic carbocycles. The number of hydrogen-bond donors (Lipinski definition) is 0. The number of carboxylic acid groups (broad SMARTS) is 1. The number of unbranched alkanes of at least 4 members (excludes halogenated alkanes) is 4. The van der Waals surface area contributed by atoms with E-state index in [1.54, 1.807) is 30.3 Å². The molecule has 2 rings (SSSR count). The third-order valence-corrected chi connectivity index (χ3v) is 5.83. The number of rotatable bonds is 6. The van der Waals surface area contributed by atoms with Gasteiger partial charge in [0.1, 0.15) is 5.97 Å². The van der Waals surface area contributed by atoms with E-state index in [9.17, 15) is 26.3 Å². The van der Waals surface area contributed by atoms with Crippen molar-refractivity contribution in [2.45, 2.75) is 57.1 Å². The van der Waals surface area contributed by atoms with E-state index in [0.29, 0.717) is 16.0 Å². The molecule has 1 heterocycles. The molecule has 0 N–H and O–H groups in total. The molecule has 2 nitrogen and oxygen atoms in total. The van der Waals surface area contributed by atoms with Crippen LogP contribution >= 0.6 is 10.5 Å². The summed E-state index contributed by atoms with van der Waals surface area (Å²) in [5, 5.41) is 9.53. The summed E-state index contributed by atoms with van der Waals surface area (Å²) < 4.78 is 71.9. The highest BCUT2D eigenvalue weighted by Crippen LogP contribution is 2.51. The van der Waals surface area contributed by atoms with Crippen LogP contribution in [0, 0.1) is 0 Å². The molecule has 1 atom stereocenters. The lowest BCUT2D eigenvalue weighted by Crippen LogP contribution is -2.37. The molecule has 0 aliphatic rings. The van der Waals surface area contributed by atoms with Gasteiger partial charge >= 0.3 is 11.7 Å². The van der Waals surface area contributed by atoms with Gasteiger partial charge in [-0.05, 0) is 18.6 Å². The number of aliphatic carboxylic acids is 1. The molecule has 0 radical (unpaired) electrons. The molecule has 152 valence electrons. The predicted octanol–water partition coefficient (Wildman–Crippen LogP) is 5.88. The van der Waals surface area contributed by atoms with Crippen molar-refractivity contribution in [2.24, 2.45) is 0 Å². The van der Waals surface area contributed by atoms with E-state index in [2.05, 4.69) is 6.92 Å². The minimum Gasteiger partial charge on any atom is -0.542 e. The lowest BCUT2D eigenvalue weighted by molar-refractivity contribution is -0.344. The van der Waals surface area contributed by atoms with Gasteiger partial charge in [-0.3, -0.25) is 0 Å². The van der Waals surface area contributed by atoms with Crippen LogP contribution in [0.15, 0.2) is 30.3 Å². The summed E-state index contributed by atoms with van der Waals surface area (Å²) in [6.07, 6.45) is 0.707. The van der Waals surface area contributed by atoms with Crippen molar-refractivity contribution < 1.29 is 36.2 Å². The van der Waals surface area contributed by atoms with E-state index in [1.807, 2.05) is 0 Å². The Hall–Kier alpha value is -1.77. The highest BCUT2D eigenvalue weighted by atomic mass is 32.2. The average Bonchev–Trinajstić information content (AvgIpc) is 2.92. The monoisotopic (exact) mass is 414 g/mol. The number of carbonyl (C=O) groups is 1. The Kier molecular flexibility index (Phi) is 8.59. The van der Waals surface area contributed by atoms with Crippen LogP contribution in [0.4, 0.5) is 26.3 Å². The van der Waals surface area contributed by atoms with E-state index in [4.69, 9.17) is 9.90 Å². The standard InChI is InChI=1S/C16H20F3S.C2HF3O2/c1-2-3-4-5-6-10-14-12-13-9-7-8-11-15(13)20(14)16(17,18)19;3-2(4,5)1(6)7/h7-9,11-12H,2-6,10H2,1H3;(H,6,7)/q+1;/p-1. The van der Waals surface area contributed by atoms with Gasteiger partial charge in [-0.15, -0.1) is 13.2 Å². The average molecular weight is 414 g/mol. The van der Waals surface area contributed by atoms with Crippen molar-refractivity contribution in [2.75, 3.05) is 0 Å². The summed E-state index contributed by atoms with van der Waals surface area (Å²) in [5.74, 6) is -3.01. The first-order valence-corrected chi connectivity index (χ1v) is 9.59. The fourth-order valence-electron chi connectivity index (χ4n) is 2.51. The number of halogens is 6. The van der Waals surface area contributed by atoms with Gasteiger partial charge in [0.15, 0.2) is 9.58 Å². The number of carboxylic acids is 1. The minimum atomic E-state index is -5.19. The number of hydrogen-bond acceptors (Lipinski definition) is 2. The first-order valence-electron chi connectivity index (χ1n) is 8.37. The number of fused-ring (bicyclic) bond motifs is 1. The molecule has 2 aromatic rings. The Labute approximate surface area is 155 Å². The third-order valence-electron chi connectivity index (χ3n) is 3.71. The molecule has 27 heavy (non-hydrogen) atoms. The second-order valence-corrected chi connectivity index (χ2v) is 7.89. The fraction of sp³-hybridized carbons (Fsp3) is 0.500. The van der Waals surface area contributed by atoms with Crippen LogP contribution < -0.4 is 5.11 Å². The quantitative estimate of drug-likeness (QED) is 0.337. The molecule has 0 amide bonds. The zero-order valence-corrected chi connectivity index (χ0v) is 15.4. The Morgan fingerprint density at radius 2 is 1.56 bits per heavy atom. The Morgan fingerprint density at radius 1 is 1.00 bits per heavy atom. The SMILES string of the molecule is CCCCCCCc1cc2ccccc2[s+]1C(F)(F)F.O=C([O-])C(F)(F)F. The van der Waals surface area contributed by atoms with Crippen molar-refractivity contribution in [3.05, 3.63) is 35.2 Å². The van der Waals surface area contributed by atoms with E-state index in [1.165, 1.54) is 6.42 Å². The van der Waals surface area contributed by atoms with E-state index in [0.717, 1.165) is 31.1 Å². The molecule has 1 aromatic heterocycles. The van der Waals surface area contributed by atoms with Crippen LogP contribution in [0.1, 0.15) is 43.9 Å². The largest absolute Gasteiger partial charge is 0.600 e. The maximum atomic E-state index is 13.3. The van der Waals surface area contributed by atoms with Gasteiger partial charge in [-0.2, -0.15) is 13.2 Å². The van der Waals surface area contributed by atoms with Gasteiger partial charge in [0, 0.05) is 17.9 Å². The fourth-order valence-corrected chi connectivity index (χ4v) is 4.51. The maximum absolute atomic E-state index is 13.3. The summed E-state index contributed by atoms with van der Waals surface area (Å²) in [4.78, 5) is 9.35. The number of benzene rings is 1. The molecule has 1 unspecified atom stereocenters. The summed E-state index contributed by atoms with van der Waals surface area (Å²) in [5.41, 5.74) is -4.15. The second kappa shape index (κ2) is 9.96. The lowest BCUT2D eigenvalue weighted by Gasteiger charge is -2.03. The van der Waals surface area contributed by atoms with Gasteiger partial charge < -0.3 is 9.90 Å². The smallest absolute Gasteiger partial charge is 0.542 e. The van der Waals surface area contributed by atoms with Crippen molar-refractivity contribution >= 4 is 26.5 Å². The van der Waals surface area contributed by atoms with Crippen LogP contribution in [0.3, 0.4) is 0 Å². The molecule has 0 aliphatic heterocycles. The Morgan fingerprint density at radius 3 is 2.07 bits per heavy atom. The number of carbonyl (C=O) groups excluding carboxylic acids is 1. The minimum absolute atomic E-state index is 0.448. The first kappa shape index (κ1) is 23.3. The molecule has 0 aliphatic carbocycles. The number of thiophene rings is 1. The van der Waals surface area contributed by atoms with E-state index >= 15 is 0 Å². The molecular formula is C18H20F6O2S. The van der Waals surface area contributed by atoms with Crippen molar-refractivity contribution in [3.8, 4) is 0 Å². The zero-order valence-electron chi connectivity index (χ0n) is 14.6. The Balaban J connectivity index is 0.000000445. The van der Waals surface area contributed by atoms with Crippen LogP contribution in [0.5, 0.6) is 0 Å². The molecule has 0 spiro atoms. The summed E-state index contributed by atoms with van der Waals surface area (Å²) in [6, 6.07) is 8.66. The summed E-state index contributed by atoms with van der Waals surface area (Å²) in [6.45, 7) is 2.14. The van der Waals surface area contributed by atoms with Crippen LogP contribution in [-0.2, 0) is 16.7 Å². The van der Waals surface area contributed by atoms with Crippen molar-refractivity contribution in [1.29, 1.82) is 0 Å². The van der Waals surface area contributed by atoms with Crippen LogP contribution in [-0.4, -0.2) is 12.1 Å². The van der Waals surface area contributed by atoms with Crippen LogP contribution in [0.25, 0.3) is 10.1 Å². The predicted molar refractivity (Wildman–Crippen MR) is 91.3 cm³/mol. The molecule has 0 saturated carbocycles. The summed E-state index contributed by atoms with van der Waals surface area (Å²) >= 11 is 0. The van der Waals surface area contributed by atoms with Gasteiger partial charge in [0.05, 0.1) is 10.5 Å². The molecule has 9 heteroatoms. The normalized spacial score (nSPS) is 12.6. The topological polar surface area (TPSA) is 40.1 Å². The molecular weight excluding hydrogens is 394 g/mol. The zero-order chi connectivity index (χ0) is 20.7. The number of alkyl halides is 6. The van der Waals surface area contributed by atoms with E-state index in [-0.39, 0.29) is 0 Å². The van der Waals surface area contributed by atoms with E-state index < -0.39 is 28.1 Å². The van der Waals surface area contributed by atoms with Crippen molar-refractivity contribution in [1.82, 2.24) is 0 Å². The highest BCUT2D eigenvalue weighted by molar-refractivity contribution is 7.38. The van der Waals surface area contributed by atoms with Gasteiger partial charge in [-0.25, -0.2) is 0 Å². The third kappa shape index (κ3) is 7.40. The number of aryl methyl sites for hydroxylation is 1. The van der Waals surface area contributed by atoms with Gasteiger partial charge in [0.2, 0.25) is 0 Å². The second-order valence-electron chi connectivity index (χ2n) is 5.85. The van der Waals surface area contributed by atoms with Crippen LogP contribution in [0.2, 0.25) is 0 Å². The van der Waals surface area contributed by atoms with Gasteiger partial charge in [-0.1, -0.05) is 44.7 Å². The first-order chi connectivity index (χ1) is 12.5. The maximum Gasteiger partial charge on any atom is 0.600 e. The van der Waals surface area contributed by atoms with Gasteiger partial charge in [0.25, 0.3) is 0 Å².